The lowest BCUT2D eigenvalue weighted by molar-refractivity contribution is -0.142. The summed E-state index contributed by atoms with van der Waals surface area (Å²) in [5.41, 5.74) is -0.269. The molecule has 2 rings (SSSR count). The molecule has 0 saturated heterocycles. The number of nitrogens with zero attached hydrogens (tertiary/aromatic N) is 2. The molecular formula is C24H34N4O5. The minimum absolute atomic E-state index is 0.00465. The van der Waals surface area contributed by atoms with Gasteiger partial charge in [-0.2, -0.15) is 5.26 Å². The number of carbonyl (C=O) groups is 3. The van der Waals surface area contributed by atoms with Crippen LogP contribution < -0.4 is 10.6 Å². The van der Waals surface area contributed by atoms with E-state index >= 15 is 0 Å². The van der Waals surface area contributed by atoms with Gasteiger partial charge in [0.05, 0.1) is 12.7 Å². The summed E-state index contributed by atoms with van der Waals surface area (Å²) in [6.45, 7) is 3.90. The van der Waals surface area contributed by atoms with Crippen LogP contribution in [0.5, 0.6) is 0 Å². The fraction of sp³-hybridized carbons (Fsp3) is 0.583. The molecular weight excluding hydrogens is 424 g/mol. The van der Waals surface area contributed by atoms with Gasteiger partial charge in [0.2, 0.25) is 11.8 Å². The minimum Gasteiger partial charge on any atom is -0.444 e. The van der Waals surface area contributed by atoms with Crippen molar-refractivity contribution in [2.75, 3.05) is 13.2 Å². The highest BCUT2D eigenvalue weighted by atomic mass is 16.6. The first-order chi connectivity index (χ1) is 15.7. The summed E-state index contributed by atoms with van der Waals surface area (Å²) < 4.78 is 5.18. The summed E-state index contributed by atoms with van der Waals surface area (Å²) in [7, 11) is 0. The lowest BCUT2D eigenvalue weighted by atomic mass is 9.94. The molecule has 0 aliphatic heterocycles. The maximum absolute atomic E-state index is 13.4. The zero-order chi connectivity index (χ0) is 24.4. The topological polar surface area (TPSA) is 132 Å². The highest BCUT2D eigenvalue weighted by Crippen LogP contribution is 2.24. The van der Waals surface area contributed by atoms with Gasteiger partial charge in [-0.3, -0.25) is 9.59 Å². The van der Waals surface area contributed by atoms with Crippen molar-refractivity contribution in [2.24, 2.45) is 0 Å². The first-order valence-electron chi connectivity index (χ1n) is 11.3. The summed E-state index contributed by atoms with van der Waals surface area (Å²) in [6.07, 6.45) is 4.01. The highest BCUT2D eigenvalue weighted by Gasteiger charge is 2.36. The molecule has 9 nitrogen and oxygen atoms in total. The number of rotatable bonds is 8. The monoisotopic (exact) mass is 458 g/mol. The van der Waals surface area contributed by atoms with Crippen molar-refractivity contribution in [1.82, 2.24) is 15.5 Å². The number of alkyl carbamates (subject to hydrolysis) is 1. The number of benzene rings is 1. The van der Waals surface area contributed by atoms with Crippen LogP contribution in [0.4, 0.5) is 4.79 Å². The predicted octanol–water partition coefficient (Wildman–Crippen LogP) is 2.41. The number of aliphatic hydroxyl groups is 1. The van der Waals surface area contributed by atoms with E-state index in [1.807, 2.05) is 6.07 Å². The Kier molecular flexibility index (Phi) is 9.67. The maximum Gasteiger partial charge on any atom is 0.408 e. The van der Waals surface area contributed by atoms with Crippen LogP contribution in [0.3, 0.4) is 0 Å². The first kappa shape index (κ1) is 26.1. The van der Waals surface area contributed by atoms with Crippen LogP contribution in [-0.4, -0.2) is 58.8 Å². The van der Waals surface area contributed by atoms with Gasteiger partial charge in [0, 0.05) is 6.04 Å². The minimum atomic E-state index is -1.37. The zero-order valence-electron chi connectivity index (χ0n) is 19.5. The standard InChI is InChI=1S/C24H34N4O5/c1-24(2,3)33-23(32)27-19(16-29)22(31)28(15-14-25)20(17-10-6-4-7-11-17)21(30)26-18-12-8-5-9-13-18/h4,6-7,10-11,18-20,29H,5,8-9,12-13,15-16H2,1-3H3,(H,26,30)(H,27,32). The molecule has 1 fully saturated rings. The van der Waals surface area contributed by atoms with Gasteiger partial charge < -0.3 is 25.4 Å². The number of aliphatic hydroxyl groups excluding tert-OH is 1. The van der Waals surface area contributed by atoms with Crippen LogP contribution in [0, 0.1) is 11.3 Å². The molecule has 1 aromatic rings. The molecule has 0 radical (unpaired) electrons. The van der Waals surface area contributed by atoms with Crippen molar-refractivity contribution >= 4 is 17.9 Å². The lowest BCUT2D eigenvalue weighted by Gasteiger charge is -2.34. The average molecular weight is 459 g/mol. The van der Waals surface area contributed by atoms with Gasteiger partial charge in [-0.1, -0.05) is 49.6 Å². The van der Waals surface area contributed by atoms with E-state index in [1.165, 1.54) is 0 Å². The maximum atomic E-state index is 13.4. The Morgan fingerprint density at radius 3 is 2.36 bits per heavy atom. The molecule has 2 unspecified atom stereocenters. The van der Waals surface area contributed by atoms with Crippen LogP contribution in [-0.2, 0) is 14.3 Å². The average Bonchev–Trinajstić information content (AvgIpc) is 2.77. The van der Waals surface area contributed by atoms with Crippen molar-refractivity contribution < 1.29 is 24.2 Å². The smallest absolute Gasteiger partial charge is 0.408 e. The van der Waals surface area contributed by atoms with Gasteiger partial charge in [0.1, 0.15) is 24.2 Å². The molecule has 1 aromatic carbocycles. The Bertz CT molecular complexity index is 841. The van der Waals surface area contributed by atoms with E-state index in [0.717, 1.165) is 37.0 Å². The summed E-state index contributed by atoms with van der Waals surface area (Å²) in [6, 6.07) is 8.16. The predicted molar refractivity (Wildman–Crippen MR) is 122 cm³/mol. The molecule has 3 amide bonds. The molecule has 0 aromatic heterocycles. The van der Waals surface area contributed by atoms with E-state index in [9.17, 15) is 24.8 Å². The number of nitrogens with one attached hydrogen (secondary N) is 2. The van der Waals surface area contributed by atoms with Crippen molar-refractivity contribution in [3.63, 3.8) is 0 Å². The lowest BCUT2D eigenvalue weighted by Crippen LogP contribution is -2.55. The van der Waals surface area contributed by atoms with Crippen LogP contribution in [0.25, 0.3) is 0 Å². The fourth-order valence-electron chi connectivity index (χ4n) is 3.84. The van der Waals surface area contributed by atoms with Gasteiger partial charge in [-0.15, -0.1) is 0 Å². The Morgan fingerprint density at radius 2 is 1.82 bits per heavy atom. The third-order valence-electron chi connectivity index (χ3n) is 5.32. The third kappa shape index (κ3) is 8.06. The van der Waals surface area contributed by atoms with E-state index in [1.54, 1.807) is 51.1 Å². The molecule has 2 atom stereocenters. The Labute approximate surface area is 195 Å². The van der Waals surface area contributed by atoms with E-state index in [4.69, 9.17) is 4.74 Å². The van der Waals surface area contributed by atoms with Gasteiger partial charge in [-0.25, -0.2) is 4.79 Å². The molecule has 180 valence electrons. The molecule has 3 N–H and O–H groups in total. The molecule has 0 spiro atoms. The molecule has 33 heavy (non-hydrogen) atoms. The van der Waals surface area contributed by atoms with E-state index in [0.29, 0.717) is 5.56 Å². The zero-order valence-corrected chi connectivity index (χ0v) is 19.5. The fourth-order valence-corrected chi connectivity index (χ4v) is 3.84. The quantitative estimate of drug-likeness (QED) is 0.513. The second kappa shape index (κ2) is 12.2. The van der Waals surface area contributed by atoms with Crippen molar-refractivity contribution in [3.8, 4) is 6.07 Å². The Hall–Kier alpha value is -3.12. The Morgan fingerprint density at radius 1 is 1.18 bits per heavy atom. The molecule has 1 aliphatic carbocycles. The van der Waals surface area contributed by atoms with Crippen molar-refractivity contribution in [2.45, 2.75) is 76.6 Å². The van der Waals surface area contributed by atoms with Crippen molar-refractivity contribution in [1.29, 1.82) is 5.26 Å². The van der Waals surface area contributed by atoms with Crippen LogP contribution in [0.2, 0.25) is 0 Å². The van der Waals surface area contributed by atoms with Crippen molar-refractivity contribution in [3.05, 3.63) is 35.9 Å². The van der Waals surface area contributed by atoms with Gasteiger partial charge in [0.25, 0.3) is 0 Å². The number of nitriles is 1. The number of amides is 3. The second-order valence-electron chi connectivity index (χ2n) is 9.16. The molecule has 9 heteroatoms. The highest BCUT2D eigenvalue weighted by molar-refractivity contribution is 5.92. The number of carbonyl (C=O) groups excluding carboxylic acids is 3. The summed E-state index contributed by atoms with van der Waals surface area (Å²) >= 11 is 0. The SMILES string of the molecule is CC(C)(C)OC(=O)NC(CO)C(=O)N(CC#N)C(C(=O)NC1CCCCC1)c1ccccc1. The third-order valence-corrected chi connectivity index (χ3v) is 5.32. The van der Waals surface area contributed by atoms with Crippen LogP contribution in [0.1, 0.15) is 64.5 Å². The second-order valence-corrected chi connectivity index (χ2v) is 9.16. The van der Waals surface area contributed by atoms with Gasteiger partial charge >= 0.3 is 6.09 Å². The number of hydrogen-bond acceptors (Lipinski definition) is 6. The van der Waals surface area contributed by atoms with Crippen LogP contribution in [0.15, 0.2) is 30.3 Å². The molecule has 1 saturated carbocycles. The molecule has 0 heterocycles. The first-order valence-corrected chi connectivity index (χ1v) is 11.3. The summed E-state index contributed by atoms with van der Waals surface area (Å²) in [5.74, 6) is -1.15. The molecule has 0 bridgehead atoms. The number of hydrogen-bond donors (Lipinski definition) is 3. The van der Waals surface area contributed by atoms with E-state index < -0.39 is 48.7 Å². The summed E-state index contributed by atoms with van der Waals surface area (Å²) in [4.78, 5) is 40.0. The van der Waals surface area contributed by atoms with Crippen LogP contribution >= 0.6 is 0 Å². The van der Waals surface area contributed by atoms with E-state index in [2.05, 4.69) is 10.6 Å². The van der Waals surface area contributed by atoms with E-state index in [-0.39, 0.29) is 6.04 Å². The van der Waals surface area contributed by atoms with Gasteiger partial charge in [0.15, 0.2) is 0 Å². The largest absolute Gasteiger partial charge is 0.444 e. The summed E-state index contributed by atoms with van der Waals surface area (Å²) in [5, 5.41) is 24.6. The molecule has 1 aliphatic rings. The van der Waals surface area contributed by atoms with Gasteiger partial charge in [-0.05, 0) is 39.2 Å². The number of ether oxygens (including phenoxy) is 1. The Balaban J connectivity index is 2.31. The normalized spacial score (nSPS) is 16.1.